The van der Waals surface area contributed by atoms with Crippen LogP contribution in [0.15, 0.2) is 15.2 Å². The van der Waals surface area contributed by atoms with Crippen LogP contribution in [0.1, 0.15) is 11.9 Å². The molecule has 1 aliphatic rings. The highest BCUT2D eigenvalue weighted by Crippen LogP contribution is 2.16. The molecular weight excluding hydrogens is 216 g/mol. The molecule has 1 aliphatic heterocycles. The molecule has 1 aromatic rings. The summed E-state index contributed by atoms with van der Waals surface area (Å²) in [6.45, 7) is 1.97. The van der Waals surface area contributed by atoms with Crippen molar-refractivity contribution in [3.63, 3.8) is 0 Å². The molecule has 0 aliphatic carbocycles. The highest BCUT2D eigenvalue weighted by atomic mass is 32.1. The molecular formula is C7H8N6OS. The van der Waals surface area contributed by atoms with E-state index in [1.165, 1.54) is 17.7 Å². The van der Waals surface area contributed by atoms with Gasteiger partial charge in [-0.05, 0) is 6.42 Å². The number of hydrogen-bond donors (Lipinski definition) is 1. The van der Waals surface area contributed by atoms with E-state index in [0.29, 0.717) is 5.13 Å². The number of nitrogens with zero attached hydrogens (tertiary/aromatic N) is 5. The fourth-order valence-corrected chi connectivity index (χ4v) is 1.64. The molecule has 8 heteroatoms. The monoisotopic (exact) mass is 224 g/mol. The van der Waals surface area contributed by atoms with E-state index in [2.05, 4.69) is 30.7 Å². The average molecular weight is 224 g/mol. The van der Waals surface area contributed by atoms with Crippen molar-refractivity contribution in [1.29, 1.82) is 0 Å². The maximum absolute atomic E-state index is 11.5. The predicted molar refractivity (Wildman–Crippen MR) is 55.1 cm³/mol. The predicted octanol–water partition coefficient (Wildman–Crippen LogP) is 0.859. The smallest absolute Gasteiger partial charge is 0.275 e. The maximum atomic E-state index is 11.5. The number of rotatable bonds is 3. The third-order valence-corrected chi connectivity index (χ3v) is 2.65. The number of aliphatic imine (C=N–C) groups is 1. The Balaban J connectivity index is 1.99. The Morgan fingerprint density at radius 3 is 3.07 bits per heavy atom. The van der Waals surface area contributed by atoms with Crippen LogP contribution < -0.4 is 5.32 Å². The molecule has 1 amide bonds. The molecule has 15 heavy (non-hydrogen) atoms. The Labute approximate surface area is 89.4 Å². The summed E-state index contributed by atoms with van der Waals surface area (Å²) in [6, 6.07) is 0. The largest absolute Gasteiger partial charge is 0.297 e. The Kier molecular flexibility index (Phi) is 2.77. The lowest BCUT2D eigenvalue weighted by Crippen LogP contribution is -2.23. The summed E-state index contributed by atoms with van der Waals surface area (Å²) in [4.78, 5) is 15.2. The summed E-state index contributed by atoms with van der Waals surface area (Å²) in [7, 11) is 0. The molecule has 1 N–H and O–H groups in total. The molecule has 0 saturated carbocycles. The van der Waals surface area contributed by atoms with Gasteiger partial charge < -0.3 is 0 Å². The second-order valence-corrected chi connectivity index (χ2v) is 3.77. The number of nitrogens with one attached hydrogen (secondary N) is 1. The summed E-state index contributed by atoms with van der Waals surface area (Å²) >= 11 is 1.34. The van der Waals surface area contributed by atoms with Crippen molar-refractivity contribution in [3.05, 3.63) is 5.01 Å². The van der Waals surface area contributed by atoms with Gasteiger partial charge in [-0.1, -0.05) is 18.3 Å². The maximum Gasteiger partial charge on any atom is 0.275 e. The van der Waals surface area contributed by atoms with E-state index in [4.69, 9.17) is 0 Å². The Morgan fingerprint density at radius 1 is 1.60 bits per heavy atom. The van der Waals surface area contributed by atoms with Crippen LogP contribution >= 0.6 is 11.3 Å². The van der Waals surface area contributed by atoms with Crippen LogP contribution in [0.5, 0.6) is 0 Å². The number of carbonyl (C=O) groups excluding carboxylic acids is 1. The molecule has 0 radical (unpaired) electrons. The van der Waals surface area contributed by atoms with E-state index in [1.807, 2.05) is 6.92 Å². The average Bonchev–Trinajstić information content (AvgIpc) is 2.87. The standard InChI is InChI=1S/C7H8N6OS/c1-2-4-11-13-7(15-4)10-6(14)5-8-3-9-12-5/h3,5H,2H2,1H3,(H,10,13,14). The van der Waals surface area contributed by atoms with Gasteiger partial charge in [0.25, 0.3) is 5.91 Å². The van der Waals surface area contributed by atoms with E-state index in [9.17, 15) is 4.79 Å². The highest BCUT2D eigenvalue weighted by molar-refractivity contribution is 7.15. The first kappa shape index (κ1) is 9.84. The quantitative estimate of drug-likeness (QED) is 0.825. The minimum absolute atomic E-state index is 0.341. The van der Waals surface area contributed by atoms with E-state index < -0.39 is 6.17 Å². The molecule has 78 valence electrons. The van der Waals surface area contributed by atoms with Crippen molar-refractivity contribution in [2.45, 2.75) is 19.5 Å². The first-order valence-electron chi connectivity index (χ1n) is 4.34. The molecule has 0 fully saturated rings. The zero-order chi connectivity index (χ0) is 10.7. The van der Waals surface area contributed by atoms with E-state index in [1.54, 1.807) is 0 Å². The number of carbonyl (C=O) groups is 1. The fraction of sp³-hybridized carbons (Fsp3) is 0.429. The number of azo groups is 1. The van der Waals surface area contributed by atoms with E-state index >= 15 is 0 Å². The van der Waals surface area contributed by atoms with Crippen LogP contribution in [-0.2, 0) is 11.2 Å². The molecule has 1 unspecified atom stereocenters. The summed E-state index contributed by atoms with van der Waals surface area (Å²) in [5.41, 5.74) is 0. The highest BCUT2D eigenvalue weighted by Gasteiger charge is 2.19. The summed E-state index contributed by atoms with van der Waals surface area (Å²) in [5.74, 6) is -0.341. The Hall–Kier alpha value is -1.70. The number of aromatic nitrogens is 2. The van der Waals surface area contributed by atoms with Crippen LogP contribution in [0.4, 0.5) is 5.13 Å². The lowest BCUT2D eigenvalue weighted by molar-refractivity contribution is -0.117. The van der Waals surface area contributed by atoms with Gasteiger partial charge in [0.15, 0.2) is 0 Å². The van der Waals surface area contributed by atoms with Crippen molar-refractivity contribution in [2.24, 2.45) is 15.2 Å². The Bertz CT molecular complexity index is 413. The minimum atomic E-state index is -0.779. The molecule has 0 aromatic carbocycles. The molecule has 7 nitrogen and oxygen atoms in total. The second kappa shape index (κ2) is 4.22. The summed E-state index contributed by atoms with van der Waals surface area (Å²) < 4.78 is 0. The second-order valence-electron chi connectivity index (χ2n) is 2.71. The van der Waals surface area contributed by atoms with Crippen LogP contribution in [-0.4, -0.2) is 28.6 Å². The van der Waals surface area contributed by atoms with Gasteiger partial charge in [0.05, 0.1) is 0 Å². The zero-order valence-electron chi connectivity index (χ0n) is 7.91. The van der Waals surface area contributed by atoms with Gasteiger partial charge in [0.1, 0.15) is 11.3 Å². The van der Waals surface area contributed by atoms with Crippen LogP contribution in [0, 0.1) is 0 Å². The number of aryl methyl sites for hydroxylation is 1. The number of amides is 1. The number of hydrogen-bond acceptors (Lipinski definition) is 7. The van der Waals surface area contributed by atoms with Crippen molar-refractivity contribution >= 4 is 28.7 Å². The SMILES string of the molecule is CCc1nnc(NC(=O)C2N=CN=N2)s1. The summed E-state index contributed by atoms with van der Waals surface area (Å²) in [6.07, 6.45) is 1.27. The summed E-state index contributed by atoms with van der Waals surface area (Å²) in [5, 5.41) is 18.7. The molecule has 1 atom stereocenters. The lowest BCUT2D eigenvalue weighted by Gasteiger charge is -2.00. The molecule has 1 aromatic heterocycles. The first-order chi connectivity index (χ1) is 7.29. The molecule has 2 rings (SSSR count). The van der Waals surface area contributed by atoms with E-state index in [-0.39, 0.29) is 5.91 Å². The van der Waals surface area contributed by atoms with Gasteiger partial charge >= 0.3 is 0 Å². The molecule has 2 heterocycles. The lowest BCUT2D eigenvalue weighted by atomic mass is 10.5. The fourth-order valence-electron chi connectivity index (χ4n) is 0.953. The third-order valence-electron chi connectivity index (χ3n) is 1.67. The molecule has 0 spiro atoms. The first-order valence-corrected chi connectivity index (χ1v) is 5.16. The topological polar surface area (TPSA) is 92.0 Å². The normalized spacial score (nSPS) is 18.3. The third kappa shape index (κ3) is 2.21. The molecule has 0 saturated heterocycles. The van der Waals surface area contributed by atoms with Crippen molar-refractivity contribution < 1.29 is 4.79 Å². The molecule has 0 bridgehead atoms. The van der Waals surface area contributed by atoms with Crippen LogP contribution in [0.3, 0.4) is 0 Å². The van der Waals surface area contributed by atoms with Gasteiger partial charge in [-0.15, -0.1) is 20.4 Å². The van der Waals surface area contributed by atoms with Crippen molar-refractivity contribution in [1.82, 2.24) is 10.2 Å². The van der Waals surface area contributed by atoms with E-state index in [0.717, 1.165) is 11.4 Å². The zero-order valence-corrected chi connectivity index (χ0v) is 8.73. The number of anilines is 1. The van der Waals surface area contributed by atoms with Crippen LogP contribution in [0.25, 0.3) is 0 Å². The van der Waals surface area contributed by atoms with Gasteiger partial charge in [0, 0.05) is 0 Å². The minimum Gasteiger partial charge on any atom is -0.297 e. The van der Waals surface area contributed by atoms with Gasteiger partial charge in [0.2, 0.25) is 11.3 Å². The Morgan fingerprint density at radius 2 is 2.47 bits per heavy atom. The van der Waals surface area contributed by atoms with Gasteiger partial charge in [-0.25, -0.2) is 4.99 Å². The van der Waals surface area contributed by atoms with Gasteiger partial charge in [-0.2, -0.15) is 0 Å². The van der Waals surface area contributed by atoms with Crippen molar-refractivity contribution in [3.8, 4) is 0 Å². The van der Waals surface area contributed by atoms with Crippen LogP contribution in [0.2, 0.25) is 0 Å². The van der Waals surface area contributed by atoms with Crippen molar-refractivity contribution in [2.75, 3.05) is 5.32 Å². The van der Waals surface area contributed by atoms with Gasteiger partial charge in [-0.3, -0.25) is 10.1 Å².